The van der Waals surface area contributed by atoms with E-state index < -0.39 is 97.5 Å². The van der Waals surface area contributed by atoms with E-state index in [2.05, 4.69) is 27.7 Å². The summed E-state index contributed by atoms with van der Waals surface area (Å²) in [6, 6.07) is 0. The highest BCUT2D eigenvalue weighted by atomic mass is 31.2. The Morgan fingerprint density at radius 3 is 0.670 bits per heavy atom. The van der Waals surface area contributed by atoms with E-state index in [-0.39, 0.29) is 25.7 Å². The molecule has 0 aromatic carbocycles. The first-order valence-electron chi connectivity index (χ1n) is 36.3. The van der Waals surface area contributed by atoms with Crippen LogP contribution in [0.1, 0.15) is 362 Å². The molecule has 0 aromatic rings. The molecule has 3 N–H and O–H groups in total. The number of ether oxygens (including phenoxy) is 4. The van der Waals surface area contributed by atoms with Crippen molar-refractivity contribution >= 4 is 39.5 Å². The van der Waals surface area contributed by atoms with Gasteiger partial charge in [-0.2, -0.15) is 0 Å². The molecule has 19 heteroatoms. The summed E-state index contributed by atoms with van der Waals surface area (Å²) in [7, 11) is -9.88. The molecule has 5 atom stereocenters. The summed E-state index contributed by atoms with van der Waals surface area (Å²) < 4.78 is 67.9. The highest BCUT2D eigenvalue weighted by molar-refractivity contribution is 7.47. The zero-order chi connectivity index (χ0) is 64.7. The average molecular weight is 1300 g/mol. The first kappa shape index (κ1) is 86.1. The minimum absolute atomic E-state index is 0.104. The summed E-state index contributed by atoms with van der Waals surface area (Å²) in [6.45, 7) is 4.82. The van der Waals surface area contributed by atoms with Gasteiger partial charge in [0.1, 0.15) is 19.3 Å². The summed E-state index contributed by atoms with van der Waals surface area (Å²) in [5.74, 6) is -2.14. The molecule has 2 unspecified atom stereocenters. The van der Waals surface area contributed by atoms with Crippen LogP contribution in [0.15, 0.2) is 0 Å². The highest BCUT2D eigenvalue weighted by Crippen LogP contribution is 2.45. The predicted molar refractivity (Wildman–Crippen MR) is 354 cm³/mol. The maximum Gasteiger partial charge on any atom is 0.472 e. The fraction of sp³-hybridized carbons (Fsp3) is 0.942. The van der Waals surface area contributed by atoms with Crippen molar-refractivity contribution in [3.05, 3.63) is 0 Å². The molecule has 0 spiro atoms. The van der Waals surface area contributed by atoms with Crippen LogP contribution in [0, 0.1) is 0 Å². The Morgan fingerprint density at radius 1 is 0.273 bits per heavy atom. The summed E-state index contributed by atoms with van der Waals surface area (Å²) >= 11 is 0. The first-order chi connectivity index (χ1) is 42.7. The molecule has 0 aliphatic rings. The van der Waals surface area contributed by atoms with E-state index in [9.17, 15) is 43.2 Å². The smallest absolute Gasteiger partial charge is 0.462 e. The van der Waals surface area contributed by atoms with Crippen LogP contribution in [0.3, 0.4) is 0 Å². The molecule has 0 aromatic heterocycles. The number of aliphatic hydroxyl groups is 1. The molecule has 0 radical (unpaired) electrons. The van der Waals surface area contributed by atoms with Crippen LogP contribution in [0.25, 0.3) is 0 Å². The van der Waals surface area contributed by atoms with Gasteiger partial charge in [-0.1, -0.05) is 310 Å². The maximum atomic E-state index is 13.0. The average Bonchev–Trinajstić information content (AvgIpc) is 3.62. The van der Waals surface area contributed by atoms with Crippen molar-refractivity contribution in [2.24, 2.45) is 0 Å². The molecule has 0 aliphatic carbocycles. The lowest BCUT2D eigenvalue weighted by atomic mass is 10.0. The third kappa shape index (κ3) is 62.8. The Labute approximate surface area is 537 Å². The molecular weight excluding hydrogens is 1160 g/mol. The van der Waals surface area contributed by atoms with Crippen molar-refractivity contribution in [2.45, 2.75) is 380 Å². The van der Waals surface area contributed by atoms with Gasteiger partial charge in [-0.25, -0.2) is 9.13 Å². The zero-order valence-electron chi connectivity index (χ0n) is 56.7. The van der Waals surface area contributed by atoms with E-state index in [1.165, 1.54) is 180 Å². The Kier molecular flexibility index (Phi) is 62.4. The highest BCUT2D eigenvalue weighted by Gasteiger charge is 2.30. The Bertz CT molecular complexity index is 1690. The predicted octanol–water partition coefficient (Wildman–Crippen LogP) is 19.9. The number of hydrogen-bond donors (Lipinski definition) is 3. The fourth-order valence-corrected chi connectivity index (χ4v) is 12.1. The molecule has 0 saturated carbocycles. The number of unbranched alkanes of at least 4 members (excludes halogenated alkanes) is 44. The number of rotatable bonds is 70. The standard InChI is InChI=1S/C69H134O17P2/c1-5-9-13-17-20-23-25-27-29-30-31-32-33-35-37-39-41-44-48-52-56-69(74)86-65(60-80-67(72)54-50-46-43-40-38-36-34-28-26-24-21-18-14-10-6-2)62-84-88(77,78)82-58-63(70)57-81-87(75,76)83-61-64(59-79-66(71)53-49-45-16-12-8-4)85-68(73)55-51-47-42-22-19-15-11-7-3/h63-65,70H,5-62H2,1-4H3,(H,75,76)(H,77,78)/t63-,64+,65+/m0/s1. The van der Waals surface area contributed by atoms with Gasteiger partial charge < -0.3 is 33.8 Å². The van der Waals surface area contributed by atoms with E-state index in [0.29, 0.717) is 25.7 Å². The summed E-state index contributed by atoms with van der Waals surface area (Å²) in [5, 5.41) is 10.5. The van der Waals surface area contributed by atoms with Gasteiger partial charge in [-0.05, 0) is 25.7 Å². The van der Waals surface area contributed by atoms with Crippen LogP contribution < -0.4 is 0 Å². The fourth-order valence-electron chi connectivity index (χ4n) is 10.5. The number of phosphoric acid groups is 2. The van der Waals surface area contributed by atoms with Gasteiger partial charge in [-0.3, -0.25) is 37.3 Å². The van der Waals surface area contributed by atoms with Crippen molar-refractivity contribution in [2.75, 3.05) is 39.6 Å². The van der Waals surface area contributed by atoms with Crippen molar-refractivity contribution in [1.82, 2.24) is 0 Å². The van der Waals surface area contributed by atoms with Crippen molar-refractivity contribution in [3.63, 3.8) is 0 Å². The third-order valence-corrected chi connectivity index (χ3v) is 18.0. The molecule has 17 nitrogen and oxygen atoms in total. The van der Waals surface area contributed by atoms with Crippen LogP contribution in [-0.2, 0) is 65.4 Å². The van der Waals surface area contributed by atoms with Crippen LogP contribution in [0.5, 0.6) is 0 Å². The van der Waals surface area contributed by atoms with E-state index in [4.69, 9.17) is 37.0 Å². The van der Waals surface area contributed by atoms with E-state index in [0.717, 1.165) is 103 Å². The maximum absolute atomic E-state index is 13.0. The van der Waals surface area contributed by atoms with E-state index in [1.54, 1.807) is 0 Å². The number of esters is 4. The summed E-state index contributed by atoms with van der Waals surface area (Å²) in [6.07, 6.45) is 51.9. The normalized spacial score (nSPS) is 14.0. The lowest BCUT2D eigenvalue weighted by Crippen LogP contribution is -2.30. The van der Waals surface area contributed by atoms with Gasteiger partial charge in [0, 0.05) is 25.7 Å². The number of aliphatic hydroxyl groups excluding tert-OH is 1. The van der Waals surface area contributed by atoms with Crippen molar-refractivity contribution in [3.8, 4) is 0 Å². The molecule has 0 aliphatic heterocycles. The van der Waals surface area contributed by atoms with Crippen LogP contribution in [-0.4, -0.2) is 96.7 Å². The summed E-state index contributed by atoms with van der Waals surface area (Å²) in [4.78, 5) is 72.1. The van der Waals surface area contributed by atoms with Gasteiger partial charge >= 0.3 is 39.5 Å². The topological polar surface area (TPSA) is 237 Å². The number of carbonyl (C=O) groups excluding carboxylic acids is 4. The van der Waals surface area contributed by atoms with E-state index >= 15 is 0 Å². The van der Waals surface area contributed by atoms with Crippen LogP contribution >= 0.6 is 15.6 Å². The van der Waals surface area contributed by atoms with Crippen LogP contribution in [0.4, 0.5) is 0 Å². The Morgan fingerprint density at radius 2 is 0.455 bits per heavy atom. The van der Waals surface area contributed by atoms with Gasteiger partial charge in [0.25, 0.3) is 0 Å². The quantitative estimate of drug-likeness (QED) is 0.0222. The molecule has 88 heavy (non-hydrogen) atoms. The molecule has 0 bridgehead atoms. The van der Waals surface area contributed by atoms with Gasteiger partial charge in [0.05, 0.1) is 26.4 Å². The Hall–Kier alpha value is -1.94. The third-order valence-electron chi connectivity index (χ3n) is 16.1. The van der Waals surface area contributed by atoms with Crippen LogP contribution in [0.2, 0.25) is 0 Å². The minimum Gasteiger partial charge on any atom is -0.462 e. The van der Waals surface area contributed by atoms with Gasteiger partial charge in [0.2, 0.25) is 0 Å². The minimum atomic E-state index is -4.95. The monoisotopic (exact) mass is 1300 g/mol. The number of phosphoric ester groups is 2. The summed E-state index contributed by atoms with van der Waals surface area (Å²) in [5.41, 5.74) is 0. The molecule has 0 saturated heterocycles. The molecule has 0 fully saturated rings. The first-order valence-corrected chi connectivity index (χ1v) is 39.3. The van der Waals surface area contributed by atoms with Crippen molar-refractivity contribution < 1.29 is 80.2 Å². The lowest BCUT2D eigenvalue weighted by Gasteiger charge is -2.21. The molecule has 0 rings (SSSR count). The molecule has 0 amide bonds. The molecular formula is C69H134O17P2. The second-order valence-corrected chi connectivity index (χ2v) is 27.8. The largest absolute Gasteiger partial charge is 0.472 e. The van der Waals surface area contributed by atoms with Gasteiger partial charge in [0.15, 0.2) is 12.2 Å². The second kappa shape index (κ2) is 63.8. The number of hydrogen-bond acceptors (Lipinski definition) is 15. The molecule has 522 valence electrons. The van der Waals surface area contributed by atoms with Crippen molar-refractivity contribution in [1.29, 1.82) is 0 Å². The molecule has 0 heterocycles. The number of carbonyl (C=O) groups is 4. The SMILES string of the molecule is CCCCCCCCCCCCCCCCCCCCCCC(=O)O[C@H](COC(=O)CCCCCCCCCCCCCCCCC)COP(=O)(O)OC[C@@H](O)COP(=O)(O)OC[C@@H](COC(=O)CCCCCCC)OC(=O)CCCCCCCCCC. The zero-order valence-corrected chi connectivity index (χ0v) is 58.5. The Balaban J connectivity index is 5.10. The second-order valence-electron chi connectivity index (χ2n) is 24.9. The van der Waals surface area contributed by atoms with E-state index in [1.807, 2.05) is 0 Å². The van der Waals surface area contributed by atoms with Gasteiger partial charge in [-0.15, -0.1) is 0 Å². The lowest BCUT2D eigenvalue weighted by molar-refractivity contribution is -0.161.